The maximum absolute atomic E-state index is 13.0. The maximum Gasteiger partial charge on any atom is 0.341 e. The number of aliphatic hydroxyl groups excluding tert-OH is 3. The number of nitrogens with two attached hydrogens (primary N) is 1. The van der Waals surface area contributed by atoms with Crippen molar-refractivity contribution in [1.29, 1.82) is 0 Å². The van der Waals surface area contributed by atoms with Crippen LogP contribution in [0.1, 0.15) is 30.1 Å². The van der Waals surface area contributed by atoms with Crippen LogP contribution in [-0.2, 0) is 19.0 Å². The number of benzene rings is 1. The fourth-order valence-corrected chi connectivity index (χ4v) is 5.50. The van der Waals surface area contributed by atoms with Gasteiger partial charge >= 0.3 is 5.97 Å². The summed E-state index contributed by atoms with van der Waals surface area (Å²) in [5.74, 6) is -1.09. The lowest BCUT2D eigenvalue weighted by molar-refractivity contribution is -0.212. The molecule has 1 aromatic carbocycles. The molecule has 1 amide bonds. The van der Waals surface area contributed by atoms with Gasteiger partial charge in [-0.15, -0.1) is 11.8 Å². The minimum atomic E-state index is -1.54. The maximum atomic E-state index is 13.0. The number of carbonyl (C=O) groups is 2. The second kappa shape index (κ2) is 13.1. The summed E-state index contributed by atoms with van der Waals surface area (Å²) in [5, 5.41) is 44.6. The van der Waals surface area contributed by atoms with Gasteiger partial charge in [-0.1, -0.05) is 0 Å². The van der Waals surface area contributed by atoms with E-state index in [0.717, 1.165) is 24.7 Å². The van der Waals surface area contributed by atoms with Crippen LogP contribution in [0.25, 0.3) is 0 Å². The number of methoxy groups -OCH3 is 1. The van der Waals surface area contributed by atoms with E-state index in [1.807, 2.05) is 11.9 Å². The molecule has 2 saturated heterocycles. The molecular weight excluding hydrogens is 506 g/mol. The number of amides is 1. The van der Waals surface area contributed by atoms with Gasteiger partial charge in [0.25, 0.3) is 0 Å². The molecule has 0 bridgehead atoms. The zero-order valence-electron chi connectivity index (χ0n) is 21.1. The summed E-state index contributed by atoms with van der Waals surface area (Å²) in [5.41, 5.74) is 4.85. The Kier molecular flexibility index (Phi) is 10.4. The number of phenols is 1. The molecule has 2 fully saturated rings. The Morgan fingerprint density at radius 1 is 1.27 bits per heavy atom. The molecule has 7 N–H and O–H groups in total. The van der Waals surface area contributed by atoms with E-state index in [0.29, 0.717) is 12.1 Å². The third-order valence-corrected chi connectivity index (χ3v) is 7.93. The van der Waals surface area contributed by atoms with Gasteiger partial charge < -0.3 is 45.7 Å². The van der Waals surface area contributed by atoms with Crippen LogP contribution in [0, 0.1) is 0 Å². The topological polar surface area (TPSA) is 184 Å². The Hall–Kier alpha value is -2.13. The van der Waals surface area contributed by atoms with Crippen molar-refractivity contribution >= 4 is 29.3 Å². The number of rotatable bonds is 10. The van der Waals surface area contributed by atoms with Gasteiger partial charge in [0.05, 0.1) is 18.2 Å². The highest BCUT2D eigenvalue weighted by Gasteiger charge is 2.49. The fraction of sp³-hybridized carbons (Fsp3) is 0.667. The number of ether oxygens (including phenoxy) is 3. The minimum Gasteiger partial charge on any atom is -0.507 e. The van der Waals surface area contributed by atoms with Gasteiger partial charge in [0.15, 0.2) is 0 Å². The lowest BCUT2D eigenvalue weighted by atomic mass is 9.92. The molecule has 8 atom stereocenters. The molecule has 2 aliphatic heterocycles. The van der Waals surface area contributed by atoms with Gasteiger partial charge in [0.2, 0.25) is 5.91 Å². The van der Waals surface area contributed by atoms with Crippen LogP contribution in [-0.4, -0.2) is 118 Å². The highest BCUT2D eigenvalue weighted by atomic mass is 32.2. The van der Waals surface area contributed by atoms with Crippen LogP contribution in [0.5, 0.6) is 5.75 Å². The number of esters is 1. The number of thioether (sulfide) groups is 1. The largest absolute Gasteiger partial charge is 0.507 e. The number of hydrogen-bond donors (Lipinski definition) is 6. The molecule has 2 heterocycles. The van der Waals surface area contributed by atoms with Crippen molar-refractivity contribution in [3.8, 4) is 5.75 Å². The molecule has 0 saturated carbocycles. The Balaban J connectivity index is 1.62. The molecule has 2 aliphatic rings. The lowest BCUT2D eigenvalue weighted by Crippen LogP contribution is -2.66. The number of phenolic OH excluding ortho intramolecular Hbond substituents is 1. The number of nitrogens with one attached hydrogen (secondary N) is 1. The van der Waals surface area contributed by atoms with Gasteiger partial charge in [0.1, 0.15) is 47.8 Å². The summed E-state index contributed by atoms with van der Waals surface area (Å²) in [6.45, 7) is 2.44. The first-order valence-corrected chi connectivity index (χ1v) is 13.2. The predicted molar refractivity (Wildman–Crippen MR) is 136 cm³/mol. The van der Waals surface area contributed by atoms with Crippen molar-refractivity contribution in [2.45, 2.75) is 67.8 Å². The average molecular weight is 544 g/mol. The molecule has 0 unspecified atom stereocenters. The van der Waals surface area contributed by atoms with Crippen molar-refractivity contribution in [2.75, 3.05) is 38.8 Å². The first-order valence-electron chi connectivity index (χ1n) is 12.2. The molecular formula is C24H37N3O9S. The third-order valence-electron chi connectivity index (χ3n) is 6.81. The lowest BCUT2D eigenvalue weighted by Gasteiger charge is -2.44. The van der Waals surface area contributed by atoms with E-state index in [1.165, 1.54) is 25.3 Å². The fourth-order valence-electron chi connectivity index (χ4n) is 4.52. The molecule has 1 aromatic rings. The van der Waals surface area contributed by atoms with Gasteiger partial charge in [-0.25, -0.2) is 4.79 Å². The second-order valence-corrected chi connectivity index (χ2v) is 10.5. The Morgan fingerprint density at radius 3 is 2.62 bits per heavy atom. The summed E-state index contributed by atoms with van der Waals surface area (Å²) in [6, 6.07) is 2.93. The standard InChI is InChI=1S/C24H37N3O9S/c1-12(34-3)17(26-22(32)15-5-4-8-27(15)2)21-19(30)18(29)20(31)24(36-21)37-10-9-35-23(33)14-7-6-13(25)11-16(14)28/h6-7,11-12,15,17-21,24,28-31H,4-5,8-10,25H2,1-3H3,(H,26,32)/t12-,15-,17-,18+,19-,20+,21+,24-/m1/s1. The number of anilines is 1. The molecule has 0 aromatic heterocycles. The third kappa shape index (κ3) is 7.05. The number of nitrogens with zero attached hydrogens (tertiary/aromatic N) is 1. The van der Waals surface area contributed by atoms with Gasteiger partial charge in [-0.3, -0.25) is 9.69 Å². The quantitative estimate of drug-likeness (QED) is 0.124. The minimum absolute atomic E-state index is 0.0354. The first-order chi connectivity index (χ1) is 17.5. The van der Waals surface area contributed by atoms with Gasteiger partial charge in [-0.05, 0) is 45.5 Å². The molecule has 208 valence electrons. The number of hydrogen-bond acceptors (Lipinski definition) is 12. The van der Waals surface area contributed by atoms with Crippen molar-refractivity contribution in [2.24, 2.45) is 0 Å². The van der Waals surface area contributed by atoms with Crippen molar-refractivity contribution in [3.05, 3.63) is 23.8 Å². The molecule has 3 rings (SSSR count). The molecule has 37 heavy (non-hydrogen) atoms. The van der Waals surface area contributed by atoms with E-state index in [4.69, 9.17) is 19.9 Å². The van der Waals surface area contributed by atoms with E-state index in [9.17, 15) is 30.0 Å². The number of aromatic hydroxyl groups is 1. The van der Waals surface area contributed by atoms with Crippen LogP contribution in [0.4, 0.5) is 5.69 Å². The van der Waals surface area contributed by atoms with Crippen LogP contribution in [0.2, 0.25) is 0 Å². The highest BCUT2D eigenvalue weighted by Crippen LogP contribution is 2.31. The molecule has 12 nitrogen and oxygen atoms in total. The van der Waals surface area contributed by atoms with Crippen LogP contribution in [0.15, 0.2) is 18.2 Å². The zero-order valence-corrected chi connectivity index (χ0v) is 22.0. The average Bonchev–Trinajstić information content (AvgIpc) is 3.30. The van der Waals surface area contributed by atoms with E-state index in [1.54, 1.807) is 6.92 Å². The monoisotopic (exact) mass is 543 g/mol. The van der Waals surface area contributed by atoms with Gasteiger partial charge in [0, 0.05) is 24.6 Å². The molecule has 13 heteroatoms. The molecule has 0 aliphatic carbocycles. The van der Waals surface area contributed by atoms with E-state index >= 15 is 0 Å². The summed E-state index contributed by atoms with van der Waals surface area (Å²) >= 11 is 1.08. The van der Waals surface area contributed by atoms with Crippen LogP contribution < -0.4 is 11.1 Å². The Morgan fingerprint density at radius 2 is 2.00 bits per heavy atom. The number of likely N-dealkylation sites (tertiary alicyclic amines) is 1. The van der Waals surface area contributed by atoms with E-state index in [2.05, 4.69) is 5.32 Å². The number of likely N-dealkylation sites (N-methyl/N-ethyl adjacent to an activating group) is 1. The predicted octanol–water partition coefficient (Wildman–Crippen LogP) is -0.714. The first kappa shape index (κ1) is 29.4. The van der Waals surface area contributed by atoms with Crippen molar-refractivity contribution in [1.82, 2.24) is 10.2 Å². The highest BCUT2D eigenvalue weighted by molar-refractivity contribution is 7.99. The Bertz CT molecular complexity index is 939. The normalized spacial score (nSPS) is 30.0. The summed E-state index contributed by atoms with van der Waals surface area (Å²) < 4.78 is 16.6. The summed E-state index contributed by atoms with van der Waals surface area (Å²) in [6.07, 6.45) is -4.49. The smallest absolute Gasteiger partial charge is 0.341 e. The number of carbonyl (C=O) groups excluding carboxylic acids is 2. The summed E-state index contributed by atoms with van der Waals surface area (Å²) in [4.78, 5) is 27.1. The zero-order chi connectivity index (χ0) is 27.3. The molecule has 0 radical (unpaired) electrons. The number of aliphatic hydroxyl groups is 3. The van der Waals surface area contributed by atoms with Gasteiger partial charge in [-0.2, -0.15) is 0 Å². The summed E-state index contributed by atoms with van der Waals surface area (Å²) in [7, 11) is 3.33. The second-order valence-electron chi connectivity index (χ2n) is 9.34. The Labute approximate surface area is 220 Å². The van der Waals surface area contributed by atoms with Crippen LogP contribution in [0.3, 0.4) is 0 Å². The van der Waals surface area contributed by atoms with Crippen molar-refractivity contribution in [3.63, 3.8) is 0 Å². The van der Waals surface area contributed by atoms with Crippen LogP contribution >= 0.6 is 11.8 Å². The number of nitrogen functional groups attached to an aromatic ring is 1. The van der Waals surface area contributed by atoms with E-state index in [-0.39, 0.29) is 35.6 Å². The van der Waals surface area contributed by atoms with E-state index < -0.39 is 48.0 Å². The SMILES string of the molecule is CO[C@H](C)[C@@H](NC(=O)[C@H]1CCCN1C)[C@@H]1O[C@H](SCCOC(=O)c2ccc(N)cc2O)[C@@H](O)[C@@H](O)[C@H]1O. The van der Waals surface area contributed by atoms with Crippen molar-refractivity contribution < 1.29 is 44.2 Å². The molecule has 0 spiro atoms.